The van der Waals surface area contributed by atoms with Gasteiger partial charge in [-0.05, 0) is 61.4 Å². The number of aryl methyl sites for hydroxylation is 2. The maximum Gasteiger partial charge on any atom is 0.0444 e. The predicted octanol–water partition coefficient (Wildman–Crippen LogP) is 4.39. The number of rotatable bonds is 2. The molecule has 3 N–H and O–H groups in total. The molecule has 2 aromatic carbocycles. The lowest BCUT2D eigenvalue weighted by atomic mass is 10.1. The highest BCUT2D eigenvalue weighted by Gasteiger charge is 2.04. The summed E-state index contributed by atoms with van der Waals surface area (Å²) >= 11 is 3.50. The molecule has 0 radical (unpaired) electrons. The number of halogens is 1. The van der Waals surface area contributed by atoms with Crippen LogP contribution in [-0.4, -0.2) is 0 Å². The van der Waals surface area contributed by atoms with Crippen molar-refractivity contribution in [2.24, 2.45) is 0 Å². The maximum atomic E-state index is 5.67. The number of nitrogen functional groups attached to an aromatic ring is 1. The fourth-order valence-corrected chi connectivity index (χ4v) is 2.51. The van der Waals surface area contributed by atoms with Crippen molar-refractivity contribution in [2.75, 3.05) is 11.1 Å². The highest BCUT2D eigenvalue weighted by Crippen LogP contribution is 2.28. The Labute approximate surface area is 110 Å². The van der Waals surface area contributed by atoms with E-state index in [1.54, 1.807) is 0 Å². The van der Waals surface area contributed by atoms with E-state index in [1.165, 1.54) is 11.1 Å². The molecule has 2 rings (SSSR count). The van der Waals surface area contributed by atoms with Gasteiger partial charge >= 0.3 is 0 Å². The molecule has 0 amide bonds. The lowest BCUT2D eigenvalue weighted by Gasteiger charge is -2.13. The Morgan fingerprint density at radius 2 is 1.53 bits per heavy atom. The second kappa shape index (κ2) is 4.80. The van der Waals surface area contributed by atoms with Crippen LogP contribution in [0.5, 0.6) is 0 Å². The molecule has 2 nitrogen and oxygen atoms in total. The Balaban J connectivity index is 2.33. The zero-order valence-electron chi connectivity index (χ0n) is 9.92. The first-order valence-corrected chi connectivity index (χ1v) is 6.25. The minimum absolute atomic E-state index is 0.778. The van der Waals surface area contributed by atoms with Crippen molar-refractivity contribution in [3.05, 3.63) is 52.0 Å². The van der Waals surface area contributed by atoms with Crippen LogP contribution in [0.1, 0.15) is 11.1 Å². The molecular formula is C14H15BrN2. The van der Waals surface area contributed by atoms with Gasteiger partial charge in [0.15, 0.2) is 0 Å². The molecule has 0 aliphatic rings. The van der Waals surface area contributed by atoms with Crippen LogP contribution in [0.4, 0.5) is 17.1 Å². The fourth-order valence-electron chi connectivity index (χ4n) is 1.82. The Morgan fingerprint density at radius 1 is 1.00 bits per heavy atom. The minimum Gasteiger partial charge on any atom is -0.399 e. The Bertz CT molecular complexity index is 509. The molecule has 2 aromatic rings. The van der Waals surface area contributed by atoms with E-state index >= 15 is 0 Å². The summed E-state index contributed by atoms with van der Waals surface area (Å²) in [4.78, 5) is 0. The molecule has 0 aromatic heterocycles. The van der Waals surface area contributed by atoms with Crippen LogP contribution in [0.2, 0.25) is 0 Å². The summed E-state index contributed by atoms with van der Waals surface area (Å²) < 4.78 is 1.11. The molecule has 0 spiro atoms. The normalized spacial score (nSPS) is 10.3. The molecule has 0 aliphatic heterocycles. The lowest BCUT2D eigenvalue weighted by Crippen LogP contribution is -1.96. The predicted molar refractivity (Wildman–Crippen MR) is 77.8 cm³/mol. The quantitative estimate of drug-likeness (QED) is 0.805. The van der Waals surface area contributed by atoms with Crippen LogP contribution < -0.4 is 11.1 Å². The van der Waals surface area contributed by atoms with Gasteiger partial charge in [-0.2, -0.15) is 0 Å². The highest BCUT2D eigenvalue weighted by atomic mass is 79.9. The van der Waals surface area contributed by atoms with Crippen LogP contribution in [0, 0.1) is 13.8 Å². The summed E-state index contributed by atoms with van der Waals surface area (Å²) in [5.74, 6) is 0. The molecule has 0 aliphatic carbocycles. The zero-order chi connectivity index (χ0) is 12.4. The van der Waals surface area contributed by atoms with E-state index < -0.39 is 0 Å². The third kappa shape index (κ3) is 2.80. The SMILES string of the molecule is Cc1cc(Br)cc(C)c1Nc1ccc(N)cc1. The highest BCUT2D eigenvalue weighted by molar-refractivity contribution is 9.10. The van der Waals surface area contributed by atoms with Gasteiger partial charge in [0.1, 0.15) is 0 Å². The molecule has 0 fully saturated rings. The third-order valence-electron chi connectivity index (χ3n) is 2.68. The van der Waals surface area contributed by atoms with Crippen molar-refractivity contribution in [2.45, 2.75) is 13.8 Å². The smallest absolute Gasteiger partial charge is 0.0444 e. The van der Waals surface area contributed by atoms with Gasteiger partial charge in [-0.25, -0.2) is 0 Å². The van der Waals surface area contributed by atoms with Crippen molar-refractivity contribution in [1.29, 1.82) is 0 Å². The van der Waals surface area contributed by atoms with E-state index in [0.717, 1.165) is 21.5 Å². The summed E-state index contributed by atoms with van der Waals surface area (Å²) in [7, 11) is 0. The minimum atomic E-state index is 0.778. The molecule has 0 saturated heterocycles. The van der Waals surface area contributed by atoms with Gasteiger partial charge in [-0.1, -0.05) is 15.9 Å². The number of hydrogen-bond acceptors (Lipinski definition) is 2. The molecule has 0 unspecified atom stereocenters. The van der Waals surface area contributed by atoms with Gasteiger partial charge in [-0.15, -0.1) is 0 Å². The monoisotopic (exact) mass is 290 g/mol. The van der Waals surface area contributed by atoms with Crippen molar-refractivity contribution in [3.8, 4) is 0 Å². The Kier molecular flexibility index (Phi) is 3.38. The fraction of sp³-hybridized carbons (Fsp3) is 0.143. The van der Waals surface area contributed by atoms with Gasteiger partial charge in [0.25, 0.3) is 0 Å². The first kappa shape index (κ1) is 12.0. The standard InChI is InChI=1S/C14H15BrN2/c1-9-7-11(15)8-10(2)14(9)17-13-5-3-12(16)4-6-13/h3-8,17H,16H2,1-2H3. The molecule has 88 valence electrons. The third-order valence-corrected chi connectivity index (χ3v) is 3.14. The van der Waals surface area contributed by atoms with Gasteiger partial charge < -0.3 is 11.1 Å². The number of nitrogens with one attached hydrogen (secondary N) is 1. The van der Waals surface area contributed by atoms with Crippen molar-refractivity contribution < 1.29 is 0 Å². The van der Waals surface area contributed by atoms with Gasteiger partial charge in [0, 0.05) is 21.5 Å². The summed E-state index contributed by atoms with van der Waals surface area (Å²) in [6.07, 6.45) is 0. The molecule has 0 heterocycles. The second-order valence-corrected chi connectivity index (χ2v) is 5.08. The molecule has 0 saturated carbocycles. The van der Waals surface area contributed by atoms with Gasteiger partial charge in [0.2, 0.25) is 0 Å². The summed E-state index contributed by atoms with van der Waals surface area (Å²) in [6.45, 7) is 4.19. The Hall–Kier alpha value is -1.48. The zero-order valence-corrected chi connectivity index (χ0v) is 11.5. The first-order valence-electron chi connectivity index (χ1n) is 5.45. The van der Waals surface area contributed by atoms with Crippen LogP contribution in [0.15, 0.2) is 40.9 Å². The molecule has 17 heavy (non-hydrogen) atoms. The summed E-state index contributed by atoms with van der Waals surface area (Å²) in [5.41, 5.74) is 11.1. The topological polar surface area (TPSA) is 38.0 Å². The largest absolute Gasteiger partial charge is 0.399 e. The number of anilines is 3. The van der Waals surface area contributed by atoms with E-state index in [2.05, 4.69) is 47.2 Å². The molecule has 0 bridgehead atoms. The van der Waals surface area contributed by atoms with Crippen LogP contribution in [0.25, 0.3) is 0 Å². The molecular weight excluding hydrogens is 276 g/mol. The lowest BCUT2D eigenvalue weighted by molar-refractivity contribution is 1.34. The van der Waals surface area contributed by atoms with Gasteiger partial charge in [-0.3, -0.25) is 0 Å². The van der Waals surface area contributed by atoms with E-state index in [1.807, 2.05) is 24.3 Å². The number of hydrogen-bond donors (Lipinski definition) is 2. The van der Waals surface area contributed by atoms with Crippen LogP contribution in [-0.2, 0) is 0 Å². The number of benzene rings is 2. The van der Waals surface area contributed by atoms with Crippen molar-refractivity contribution in [3.63, 3.8) is 0 Å². The van der Waals surface area contributed by atoms with Crippen LogP contribution in [0.3, 0.4) is 0 Å². The number of nitrogens with two attached hydrogens (primary N) is 1. The van der Waals surface area contributed by atoms with Crippen molar-refractivity contribution >= 4 is 33.0 Å². The van der Waals surface area contributed by atoms with Crippen molar-refractivity contribution in [1.82, 2.24) is 0 Å². The van der Waals surface area contributed by atoms with E-state index in [4.69, 9.17) is 5.73 Å². The average Bonchev–Trinajstić information content (AvgIpc) is 2.26. The summed E-state index contributed by atoms with van der Waals surface area (Å²) in [5, 5.41) is 3.42. The van der Waals surface area contributed by atoms with Gasteiger partial charge in [0.05, 0.1) is 0 Å². The maximum absolute atomic E-state index is 5.67. The first-order chi connectivity index (χ1) is 8.06. The molecule has 3 heteroatoms. The average molecular weight is 291 g/mol. The van der Waals surface area contributed by atoms with E-state index in [9.17, 15) is 0 Å². The van der Waals surface area contributed by atoms with Crippen LogP contribution >= 0.6 is 15.9 Å². The van der Waals surface area contributed by atoms with E-state index in [0.29, 0.717) is 0 Å². The molecule has 0 atom stereocenters. The second-order valence-electron chi connectivity index (χ2n) is 4.16. The van der Waals surface area contributed by atoms with E-state index in [-0.39, 0.29) is 0 Å². The Morgan fingerprint density at radius 3 is 2.06 bits per heavy atom. The summed E-state index contributed by atoms with van der Waals surface area (Å²) in [6, 6.07) is 12.0.